The Hall–Kier alpha value is -2.78. The molecule has 3 atom stereocenters. The maximum absolute atomic E-state index is 12.4. The Balaban J connectivity index is 1.70. The van der Waals surface area contributed by atoms with E-state index in [1.807, 2.05) is 0 Å². The Bertz CT molecular complexity index is 1120. The molecule has 1 aliphatic heterocycles. The van der Waals surface area contributed by atoms with Crippen molar-refractivity contribution in [3.05, 3.63) is 88.5 Å². The van der Waals surface area contributed by atoms with E-state index in [4.69, 9.17) is 16.3 Å². The van der Waals surface area contributed by atoms with Gasteiger partial charge in [-0.1, -0.05) is 66.2 Å². The van der Waals surface area contributed by atoms with E-state index in [1.54, 1.807) is 12.1 Å². The van der Waals surface area contributed by atoms with Gasteiger partial charge in [-0.3, -0.25) is 0 Å². The molecule has 3 nitrogen and oxygen atoms in total. The minimum atomic E-state index is -0.322. The van der Waals surface area contributed by atoms with Gasteiger partial charge in [0.15, 0.2) is 0 Å². The minimum absolute atomic E-state index is 0.115. The van der Waals surface area contributed by atoms with Crippen molar-refractivity contribution in [1.29, 1.82) is 0 Å². The fraction of sp³-hybridized carbons (Fsp3) is 0.208. The number of allylic oxidation sites excluding steroid dienone is 2. The van der Waals surface area contributed by atoms with Crippen molar-refractivity contribution < 1.29 is 9.53 Å². The molecule has 0 saturated carbocycles. The number of nitrogens with one attached hydrogen (secondary N) is 1. The third kappa shape index (κ3) is 2.54. The van der Waals surface area contributed by atoms with Gasteiger partial charge in [-0.05, 0) is 46.4 Å². The lowest BCUT2D eigenvalue weighted by Crippen LogP contribution is -2.31. The highest BCUT2D eigenvalue weighted by Gasteiger charge is 2.41. The topological polar surface area (TPSA) is 38.3 Å². The number of halogens is 1. The van der Waals surface area contributed by atoms with E-state index < -0.39 is 0 Å². The summed E-state index contributed by atoms with van der Waals surface area (Å²) in [7, 11) is 1.42. The van der Waals surface area contributed by atoms with Crippen molar-refractivity contribution in [1.82, 2.24) is 0 Å². The summed E-state index contributed by atoms with van der Waals surface area (Å²) >= 11 is 6.58. The first kappa shape index (κ1) is 17.3. The van der Waals surface area contributed by atoms with Crippen molar-refractivity contribution in [3.63, 3.8) is 0 Å². The van der Waals surface area contributed by atoms with E-state index >= 15 is 0 Å². The number of methoxy groups -OCH3 is 1. The molecule has 0 radical (unpaired) electrons. The molecular formula is C24H20ClNO2. The molecule has 0 spiro atoms. The van der Waals surface area contributed by atoms with Crippen LogP contribution in [0.5, 0.6) is 0 Å². The molecule has 28 heavy (non-hydrogen) atoms. The van der Waals surface area contributed by atoms with Gasteiger partial charge in [0.25, 0.3) is 0 Å². The lowest BCUT2D eigenvalue weighted by atomic mass is 9.74. The number of anilines is 1. The molecule has 5 rings (SSSR count). The van der Waals surface area contributed by atoms with Gasteiger partial charge < -0.3 is 10.1 Å². The van der Waals surface area contributed by atoms with Crippen LogP contribution in [0.25, 0.3) is 10.8 Å². The highest BCUT2D eigenvalue weighted by Crippen LogP contribution is 2.53. The predicted molar refractivity (Wildman–Crippen MR) is 113 cm³/mol. The number of ether oxygens (including phenoxy) is 1. The van der Waals surface area contributed by atoms with Gasteiger partial charge in [0.2, 0.25) is 0 Å². The van der Waals surface area contributed by atoms with Gasteiger partial charge in [0.05, 0.1) is 29.4 Å². The number of carbonyl (C=O) groups excluding carboxylic acids is 1. The molecule has 1 heterocycles. The third-order valence-corrected chi connectivity index (χ3v) is 6.35. The molecule has 1 aliphatic carbocycles. The van der Waals surface area contributed by atoms with Crippen LogP contribution < -0.4 is 5.32 Å². The average molecular weight is 390 g/mol. The summed E-state index contributed by atoms with van der Waals surface area (Å²) in [5.41, 5.74) is 3.65. The summed E-state index contributed by atoms with van der Waals surface area (Å²) in [4.78, 5) is 12.4. The number of esters is 1. The highest BCUT2D eigenvalue weighted by atomic mass is 35.5. The predicted octanol–water partition coefficient (Wildman–Crippen LogP) is 6.11. The molecule has 3 aromatic carbocycles. The molecule has 3 aromatic rings. The molecule has 0 amide bonds. The van der Waals surface area contributed by atoms with Crippen LogP contribution in [0.3, 0.4) is 0 Å². The SMILES string of the molecule is COC(=O)c1ccc(Cl)c2c1[C@@H]1C=CC[C@H]1[C@H](c1cccc3ccccc13)N2. The summed E-state index contributed by atoms with van der Waals surface area (Å²) in [5.74, 6) is 0.130. The Labute approximate surface area is 169 Å². The number of benzene rings is 3. The van der Waals surface area contributed by atoms with Crippen LogP contribution in [-0.2, 0) is 4.74 Å². The molecule has 0 aromatic heterocycles. The van der Waals surface area contributed by atoms with Crippen molar-refractivity contribution in [2.45, 2.75) is 18.4 Å². The highest BCUT2D eigenvalue weighted by molar-refractivity contribution is 6.33. The maximum Gasteiger partial charge on any atom is 0.338 e. The lowest BCUT2D eigenvalue weighted by Gasteiger charge is -2.39. The second-order valence-electron chi connectivity index (χ2n) is 7.42. The van der Waals surface area contributed by atoms with E-state index in [1.165, 1.54) is 23.4 Å². The van der Waals surface area contributed by atoms with E-state index in [0.717, 1.165) is 17.7 Å². The lowest BCUT2D eigenvalue weighted by molar-refractivity contribution is 0.0598. The first-order valence-corrected chi connectivity index (χ1v) is 9.88. The maximum atomic E-state index is 12.4. The molecule has 2 aliphatic rings. The fourth-order valence-corrected chi connectivity index (χ4v) is 5.01. The van der Waals surface area contributed by atoms with E-state index in [0.29, 0.717) is 16.5 Å². The third-order valence-electron chi connectivity index (χ3n) is 6.03. The number of fused-ring (bicyclic) bond motifs is 4. The zero-order valence-electron chi connectivity index (χ0n) is 15.5. The summed E-state index contributed by atoms with van der Waals surface area (Å²) < 4.78 is 5.03. The van der Waals surface area contributed by atoms with Crippen LogP contribution in [0.1, 0.15) is 39.9 Å². The monoisotopic (exact) mass is 389 g/mol. The summed E-state index contributed by atoms with van der Waals surface area (Å²) in [6.07, 6.45) is 5.38. The number of rotatable bonds is 2. The number of hydrogen-bond donors (Lipinski definition) is 1. The summed E-state index contributed by atoms with van der Waals surface area (Å²) in [5, 5.41) is 6.79. The zero-order chi connectivity index (χ0) is 19.3. The van der Waals surface area contributed by atoms with Gasteiger partial charge in [-0.25, -0.2) is 4.79 Å². The molecule has 0 unspecified atom stereocenters. The number of hydrogen-bond acceptors (Lipinski definition) is 3. The summed E-state index contributed by atoms with van der Waals surface area (Å²) in [6.45, 7) is 0. The van der Waals surface area contributed by atoms with Crippen LogP contribution in [0.2, 0.25) is 5.02 Å². The Morgan fingerprint density at radius 3 is 2.79 bits per heavy atom. The van der Waals surface area contributed by atoms with Crippen molar-refractivity contribution in [2.75, 3.05) is 12.4 Å². The minimum Gasteiger partial charge on any atom is -0.465 e. The Kier molecular flexibility index (Phi) is 4.13. The second kappa shape index (κ2) is 6.68. The van der Waals surface area contributed by atoms with E-state index in [2.05, 4.69) is 59.9 Å². The average Bonchev–Trinajstić information content (AvgIpc) is 3.23. The first-order valence-electron chi connectivity index (χ1n) is 9.50. The van der Waals surface area contributed by atoms with Gasteiger partial charge in [0.1, 0.15) is 0 Å². The van der Waals surface area contributed by atoms with Gasteiger partial charge in [-0.15, -0.1) is 0 Å². The second-order valence-corrected chi connectivity index (χ2v) is 7.83. The van der Waals surface area contributed by atoms with Crippen LogP contribution in [0, 0.1) is 5.92 Å². The molecule has 0 bridgehead atoms. The normalized spacial score (nSPS) is 22.4. The number of carbonyl (C=O) groups is 1. The standard InChI is InChI=1S/C24H20ClNO2/c1-28-24(27)19-12-13-20(25)23-21(19)16-9-5-11-18(16)22(26-23)17-10-4-7-14-6-2-3-8-15(14)17/h2-10,12-13,16,18,22,26H,11H2,1H3/t16-,18-,22+/m1/s1. The van der Waals surface area contributed by atoms with Gasteiger partial charge in [-0.2, -0.15) is 0 Å². The fourth-order valence-electron chi connectivity index (χ4n) is 4.79. The van der Waals surface area contributed by atoms with Crippen molar-refractivity contribution >= 4 is 34.0 Å². The summed E-state index contributed by atoms with van der Waals surface area (Å²) in [6, 6.07) is 18.6. The first-order chi connectivity index (χ1) is 13.7. The molecule has 4 heteroatoms. The van der Waals surface area contributed by atoms with Gasteiger partial charge in [0, 0.05) is 5.92 Å². The van der Waals surface area contributed by atoms with Crippen LogP contribution >= 0.6 is 11.6 Å². The molecule has 1 N–H and O–H groups in total. The molecular weight excluding hydrogens is 370 g/mol. The van der Waals surface area contributed by atoms with Crippen LogP contribution in [-0.4, -0.2) is 13.1 Å². The van der Waals surface area contributed by atoms with Crippen molar-refractivity contribution in [3.8, 4) is 0 Å². The molecule has 0 fully saturated rings. The largest absolute Gasteiger partial charge is 0.465 e. The quantitative estimate of drug-likeness (QED) is 0.424. The van der Waals surface area contributed by atoms with Gasteiger partial charge >= 0.3 is 5.97 Å². The zero-order valence-corrected chi connectivity index (χ0v) is 16.2. The molecule has 0 saturated heterocycles. The van der Waals surface area contributed by atoms with E-state index in [-0.39, 0.29) is 17.9 Å². The van der Waals surface area contributed by atoms with Crippen LogP contribution in [0.15, 0.2) is 66.7 Å². The van der Waals surface area contributed by atoms with Crippen molar-refractivity contribution in [2.24, 2.45) is 5.92 Å². The Morgan fingerprint density at radius 2 is 1.93 bits per heavy atom. The van der Waals surface area contributed by atoms with E-state index in [9.17, 15) is 4.79 Å². The smallest absolute Gasteiger partial charge is 0.338 e. The van der Waals surface area contributed by atoms with Crippen LogP contribution in [0.4, 0.5) is 5.69 Å². The molecule has 140 valence electrons. The Morgan fingerprint density at radius 1 is 1.11 bits per heavy atom.